The minimum atomic E-state index is -0.00562. The molecule has 22 heavy (non-hydrogen) atoms. The molecule has 0 saturated heterocycles. The molecule has 5 heteroatoms. The molecule has 0 aliphatic heterocycles. The Kier molecular flexibility index (Phi) is 7.43. The molecular formula is C17H26N2O3. The summed E-state index contributed by atoms with van der Waals surface area (Å²) in [5, 5.41) is 2.85. The van der Waals surface area contributed by atoms with E-state index in [2.05, 4.69) is 5.32 Å². The molecule has 5 nitrogen and oxygen atoms in total. The van der Waals surface area contributed by atoms with E-state index < -0.39 is 0 Å². The van der Waals surface area contributed by atoms with Crippen molar-refractivity contribution in [3.8, 4) is 5.75 Å². The Hall–Kier alpha value is -2.04. The van der Waals surface area contributed by atoms with Crippen LogP contribution in [0.3, 0.4) is 0 Å². The molecule has 1 rings (SSSR count). The summed E-state index contributed by atoms with van der Waals surface area (Å²) in [6.45, 7) is 7.06. The van der Waals surface area contributed by atoms with Crippen LogP contribution in [0.1, 0.15) is 32.8 Å². The van der Waals surface area contributed by atoms with Gasteiger partial charge in [-0.25, -0.2) is 0 Å². The van der Waals surface area contributed by atoms with Crippen LogP contribution in [-0.2, 0) is 16.1 Å². The molecule has 0 aliphatic carbocycles. The van der Waals surface area contributed by atoms with Crippen molar-refractivity contribution in [2.75, 3.05) is 20.2 Å². The van der Waals surface area contributed by atoms with E-state index in [1.807, 2.05) is 38.1 Å². The van der Waals surface area contributed by atoms with E-state index in [0.29, 0.717) is 32.0 Å². The van der Waals surface area contributed by atoms with Crippen molar-refractivity contribution in [1.82, 2.24) is 10.2 Å². The molecule has 0 heterocycles. The number of carbonyl (C=O) groups is 2. The van der Waals surface area contributed by atoms with Gasteiger partial charge in [-0.15, -0.1) is 0 Å². The quantitative estimate of drug-likeness (QED) is 0.801. The smallest absolute Gasteiger partial charge is 0.220 e. The van der Waals surface area contributed by atoms with Gasteiger partial charge in [0.25, 0.3) is 0 Å². The Morgan fingerprint density at radius 1 is 1.23 bits per heavy atom. The first-order chi connectivity index (χ1) is 10.4. The minimum absolute atomic E-state index is 0.00562. The van der Waals surface area contributed by atoms with Crippen LogP contribution in [-0.4, -0.2) is 36.9 Å². The average Bonchev–Trinajstić information content (AvgIpc) is 2.46. The van der Waals surface area contributed by atoms with E-state index >= 15 is 0 Å². The summed E-state index contributed by atoms with van der Waals surface area (Å²) < 4.78 is 5.12. The number of benzene rings is 1. The van der Waals surface area contributed by atoms with E-state index in [1.54, 1.807) is 18.9 Å². The standard InChI is InChI=1S/C17H26N2O3/c1-13(2)11-17(21)18-9-10-19(14(3)20)12-15-5-7-16(22-4)8-6-15/h5-8,13H,9-12H2,1-4H3,(H,18,21). The summed E-state index contributed by atoms with van der Waals surface area (Å²) >= 11 is 0. The lowest BCUT2D eigenvalue weighted by molar-refractivity contribution is -0.130. The van der Waals surface area contributed by atoms with Crippen molar-refractivity contribution in [3.05, 3.63) is 29.8 Å². The highest BCUT2D eigenvalue weighted by molar-refractivity contribution is 5.76. The van der Waals surface area contributed by atoms with E-state index in [-0.39, 0.29) is 11.8 Å². The Bertz CT molecular complexity index is 483. The molecule has 1 N–H and O–H groups in total. The molecule has 0 unspecified atom stereocenters. The van der Waals surface area contributed by atoms with E-state index in [0.717, 1.165) is 11.3 Å². The first kappa shape index (κ1) is 18.0. The predicted octanol–water partition coefficient (Wildman–Crippen LogP) is 2.21. The number of nitrogens with one attached hydrogen (secondary N) is 1. The van der Waals surface area contributed by atoms with Gasteiger partial charge in [0.2, 0.25) is 11.8 Å². The second-order valence-electron chi connectivity index (χ2n) is 5.74. The number of methoxy groups -OCH3 is 1. The monoisotopic (exact) mass is 306 g/mol. The van der Waals surface area contributed by atoms with Gasteiger partial charge in [0.1, 0.15) is 5.75 Å². The second kappa shape index (κ2) is 9.07. The SMILES string of the molecule is COc1ccc(CN(CCNC(=O)CC(C)C)C(C)=O)cc1. The van der Waals surface area contributed by atoms with Crippen LogP contribution in [0.25, 0.3) is 0 Å². The number of nitrogens with zero attached hydrogens (tertiary/aromatic N) is 1. The zero-order chi connectivity index (χ0) is 16.5. The van der Waals surface area contributed by atoms with Crippen LogP contribution in [0, 0.1) is 5.92 Å². The summed E-state index contributed by atoms with van der Waals surface area (Å²) in [7, 11) is 1.62. The summed E-state index contributed by atoms with van der Waals surface area (Å²) in [5.41, 5.74) is 1.03. The Labute approximate surface area is 132 Å². The van der Waals surface area contributed by atoms with Gasteiger partial charge in [-0.3, -0.25) is 9.59 Å². The van der Waals surface area contributed by atoms with Gasteiger partial charge in [-0.2, -0.15) is 0 Å². The molecule has 0 aromatic heterocycles. The second-order valence-corrected chi connectivity index (χ2v) is 5.74. The fourth-order valence-electron chi connectivity index (χ4n) is 2.07. The fraction of sp³-hybridized carbons (Fsp3) is 0.529. The van der Waals surface area contributed by atoms with E-state index in [9.17, 15) is 9.59 Å². The van der Waals surface area contributed by atoms with E-state index in [4.69, 9.17) is 4.74 Å². The molecular weight excluding hydrogens is 280 g/mol. The molecule has 0 fully saturated rings. The first-order valence-electron chi connectivity index (χ1n) is 7.57. The number of amides is 2. The van der Waals surface area contributed by atoms with Gasteiger partial charge in [0.05, 0.1) is 7.11 Å². The highest BCUT2D eigenvalue weighted by Crippen LogP contribution is 2.13. The maximum absolute atomic E-state index is 11.7. The zero-order valence-electron chi connectivity index (χ0n) is 13.9. The average molecular weight is 306 g/mol. The highest BCUT2D eigenvalue weighted by atomic mass is 16.5. The molecule has 122 valence electrons. The van der Waals surface area contributed by atoms with Crippen molar-refractivity contribution in [1.29, 1.82) is 0 Å². The lowest BCUT2D eigenvalue weighted by Crippen LogP contribution is -2.37. The maximum atomic E-state index is 11.7. The van der Waals surface area contributed by atoms with E-state index in [1.165, 1.54) is 0 Å². The van der Waals surface area contributed by atoms with Gasteiger partial charge in [0.15, 0.2) is 0 Å². The summed E-state index contributed by atoms with van der Waals surface area (Å²) in [4.78, 5) is 25.0. The van der Waals surface area contributed by atoms with Gasteiger partial charge < -0.3 is 15.0 Å². The molecule has 0 radical (unpaired) electrons. The van der Waals surface area contributed by atoms with Crippen LogP contribution in [0.2, 0.25) is 0 Å². The van der Waals surface area contributed by atoms with Gasteiger partial charge >= 0.3 is 0 Å². The number of rotatable bonds is 8. The summed E-state index contributed by atoms with van der Waals surface area (Å²) in [5.74, 6) is 1.15. The van der Waals surface area contributed by atoms with Crippen LogP contribution in [0.5, 0.6) is 5.75 Å². The van der Waals surface area contributed by atoms with Crippen LogP contribution < -0.4 is 10.1 Å². The first-order valence-corrected chi connectivity index (χ1v) is 7.57. The minimum Gasteiger partial charge on any atom is -0.497 e. The molecule has 2 amide bonds. The van der Waals surface area contributed by atoms with Crippen LogP contribution in [0.15, 0.2) is 24.3 Å². The number of carbonyl (C=O) groups excluding carboxylic acids is 2. The van der Waals surface area contributed by atoms with Crippen LogP contribution in [0.4, 0.5) is 0 Å². The lowest BCUT2D eigenvalue weighted by atomic mass is 10.1. The zero-order valence-corrected chi connectivity index (χ0v) is 13.9. The van der Waals surface area contributed by atoms with Crippen molar-refractivity contribution in [3.63, 3.8) is 0 Å². The van der Waals surface area contributed by atoms with Crippen molar-refractivity contribution in [2.24, 2.45) is 5.92 Å². The predicted molar refractivity (Wildman–Crippen MR) is 86.5 cm³/mol. The molecule has 0 atom stereocenters. The molecule has 0 bridgehead atoms. The van der Waals surface area contributed by atoms with Gasteiger partial charge in [0, 0.05) is 33.0 Å². The number of hydrogen-bond donors (Lipinski definition) is 1. The number of ether oxygens (including phenoxy) is 1. The highest BCUT2D eigenvalue weighted by Gasteiger charge is 2.10. The van der Waals surface area contributed by atoms with Gasteiger partial charge in [-0.1, -0.05) is 26.0 Å². The lowest BCUT2D eigenvalue weighted by Gasteiger charge is -2.21. The number of hydrogen-bond acceptors (Lipinski definition) is 3. The third-order valence-electron chi connectivity index (χ3n) is 3.28. The maximum Gasteiger partial charge on any atom is 0.220 e. The Morgan fingerprint density at radius 3 is 2.36 bits per heavy atom. The largest absolute Gasteiger partial charge is 0.497 e. The summed E-state index contributed by atoms with van der Waals surface area (Å²) in [6.07, 6.45) is 0.512. The topological polar surface area (TPSA) is 58.6 Å². The van der Waals surface area contributed by atoms with Crippen molar-refractivity contribution < 1.29 is 14.3 Å². The fourth-order valence-corrected chi connectivity index (χ4v) is 2.07. The van der Waals surface area contributed by atoms with Crippen molar-refractivity contribution >= 4 is 11.8 Å². The third kappa shape index (κ3) is 6.61. The van der Waals surface area contributed by atoms with Crippen LogP contribution >= 0.6 is 0 Å². The molecule has 0 aliphatic rings. The third-order valence-corrected chi connectivity index (χ3v) is 3.28. The molecule has 1 aromatic rings. The molecule has 0 saturated carbocycles. The van der Waals surface area contributed by atoms with Gasteiger partial charge in [-0.05, 0) is 23.6 Å². The Balaban J connectivity index is 2.48. The summed E-state index contributed by atoms with van der Waals surface area (Å²) in [6, 6.07) is 7.62. The Morgan fingerprint density at radius 2 is 1.86 bits per heavy atom. The molecule has 0 spiro atoms. The van der Waals surface area contributed by atoms with Crippen molar-refractivity contribution in [2.45, 2.75) is 33.7 Å². The molecule has 1 aromatic carbocycles. The normalized spacial score (nSPS) is 10.4.